The number of nitrogens with zero attached hydrogens (tertiary/aromatic N) is 2. The number of nitrogens with one attached hydrogen (secondary N) is 1. The summed E-state index contributed by atoms with van der Waals surface area (Å²) in [5.74, 6) is 0.744. The van der Waals surface area contributed by atoms with E-state index < -0.39 is 0 Å². The molecule has 0 aliphatic carbocycles. The Bertz CT molecular complexity index is 349. The number of hydrogen-bond acceptors (Lipinski definition) is 4. The van der Waals surface area contributed by atoms with Gasteiger partial charge in [0.1, 0.15) is 0 Å². The summed E-state index contributed by atoms with van der Waals surface area (Å²) in [5.41, 5.74) is 1.20. The Labute approximate surface area is 122 Å². The molecular formula is C15H29N3S. The molecule has 4 heteroatoms. The molecule has 19 heavy (non-hydrogen) atoms. The van der Waals surface area contributed by atoms with E-state index in [4.69, 9.17) is 0 Å². The van der Waals surface area contributed by atoms with Crippen LogP contribution in [0.4, 0.5) is 0 Å². The Morgan fingerprint density at radius 2 is 2.11 bits per heavy atom. The van der Waals surface area contributed by atoms with Crippen molar-refractivity contribution in [1.82, 2.24) is 15.2 Å². The lowest BCUT2D eigenvalue weighted by Gasteiger charge is -2.24. The molecule has 0 aliphatic heterocycles. The van der Waals surface area contributed by atoms with Crippen LogP contribution in [0, 0.1) is 12.8 Å². The number of aryl methyl sites for hydroxylation is 1. The Hall–Kier alpha value is -0.450. The molecule has 0 fully saturated rings. The zero-order chi connectivity index (χ0) is 14.3. The van der Waals surface area contributed by atoms with Gasteiger partial charge in [0.15, 0.2) is 0 Å². The highest BCUT2D eigenvalue weighted by Gasteiger charge is 2.10. The molecule has 1 heterocycles. The Balaban J connectivity index is 2.16. The summed E-state index contributed by atoms with van der Waals surface area (Å²) in [6.45, 7) is 12.1. The van der Waals surface area contributed by atoms with Crippen molar-refractivity contribution in [1.29, 1.82) is 0 Å². The van der Waals surface area contributed by atoms with Gasteiger partial charge in [-0.2, -0.15) is 0 Å². The molecule has 1 unspecified atom stereocenters. The van der Waals surface area contributed by atoms with E-state index in [1.807, 2.05) is 0 Å². The summed E-state index contributed by atoms with van der Waals surface area (Å²) in [6.07, 6.45) is 2.49. The lowest BCUT2D eigenvalue weighted by atomic mass is 10.1. The molecule has 3 nitrogen and oxygen atoms in total. The molecule has 1 N–H and O–H groups in total. The van der Waals surface area contributed by atoms with E-state index in [0.717, 1.165) is 30.6 Å². The van der Waals surface area contributed by atoms with Gasteiger partial charge >= 0.3 is 0 Å². The van der Waals surface area contributed by atoms with Crippen molar-refractivity contribution >= 4 is 11.3 Å². The highest BCUT2D eigenvalue weighted by molar-refractivity contribution is 7.09. The van der Waals surface area contributed by atoms with Gasteiger partial charge in [-0.3, -0.25) is 4.90 Å². The van der Waals surface area contributed by atoms with Crippen LogP contribution in [0.15, 0.2) is 5.38 Å². The summed E-state index contributed by atoms with van der Waals surface area (Å²) in [4.78, 5) is 6.93. The highest BCUT2D eigenvalue weighted by Crippen LogP contribution is 2.12. The molecule has 0 spiro atoms. The van der Waals surface area contributed by atoms with Gasteiger partial charge in [-0.25, -0.2) is 4.98 Å². The van der Waals surface area contributed by atoms with Crippen LogP contribution in [0.2, 0.25) is 0 Å². The van der Waals surface area contributed by atoms with Crippen molar-refractivity contribution in [3.63, 3.8) is 0 Å². The average molecular weight is 283 g/mol. The first-order chi connectivity index (χ1) is 8.99. The Morgan fingerprint density at radius 3 is 2.68 bits per heavy atom. The van der Waals surface area contributed by atoms with Crippen LogP contribution in [0.3, 0.4) is 0 Å². The van der Waals surface area contributed by atoms with Crippen LogP contribution < -0.4 is 5.32 Å². The second kappa shape index (κ2) is 8.67. The zero-order valence-corrected chi connectivity index (χ0v) is 13.9. The van der Waals surface area contributed by atoms with Crippen LogP contribution in [0.25, 0.3) is 0 Å². The van der Waals surface area contributed by atoms with E-state index in [-0.39, 0.29) is 0 Å². The minimum atomic E-state index is 0.614. The van der Waals surface area contributed by atoms with Crippen LogP contribution in [0.5, 0.6) is 0 Å². The van der Waals surface area contributed by atoms with Crippen molar-refractivity contribution in [2.45, 2.75) is 53.1 Å². The lowest BCUT2D eigenvalue weighted by Crippen LogP contribution is -2.30. The first-order valence-corrected chi connectivity index (χ1v) is 8.19. The lowest BCUT2D eigenvalue weighted by molar-refractivity contribution is 0.232. The molecule has 0 saturated heterocycles. The number of aromatic nitrogens is 1. The second-order valence-electron chi connectivity index (χ2n) is 5.86. The van der Waals surface area contributed by atoms with E-state index in [1.54, 1.807) is 11.3 Å². The third-order valence-corrected chi connectivity index (χ3v) is 4.18. The van der Waals surface area contributed by atoms with Crippen molar-refractivity contribution in [2.24, 2.45) is 5.92 Å². The van der Waals surface area contributed by atoms with Gasteiger partial charge in [0.2, 0.25) is 0 Å². The summed E-state index contributed by atoms with van der Waals surface area (Å²) in [7, 11) is 2.20. The fourth-order valence-corrected chi connectivity index (χ4v) is 2.63. The monoisotopic (exact) mass is 283 g/mol. The standard InChI is InChI=1S/C15H29N3S/c1-12(2)9-16-8-6-7-13(3)18(5)10-15-11-19-14(4)17-15/h11-13,16H,6-10H2,1-5H3. The van der Waals surface area contributed by atoms with E-state index in [0.29, 0.717) is 6.04 Å². The van der Waals surface area contributed by atoms with Crippen molar-refractivity contribution in [2.75, 3.05) is 20.1 Å². The molecule has 1 rings (SSSR count). The molecule has 0 radical (unpaired) electrons. The minimum absolute atomic E-state index is 0.614. The van der Waals surface area contributed by atoms with Crippen molar-refractivity contribution < 1.29 is 0 Å². The normalized spacial score (nSPS) is 13.4. The third-order valence-electron chi connectivity index (χ3n) is 3.36. The van der Waals surface area contributed by atoms with Gasteiger partial charge in [0.25, 0.3) is 0 Å². The Kier molecular flexibility index (Phi) is 7.57. The van der Waals surface area contributed by atoms with E-state index in [1.165, 1.54) is 18.5 Å². The fraction of sp³-hybridized carbons (Fsp3) is 0.800. The average Bonchev–Trinajstić information content (AvgIpc) is 2.73. The first kappa shape index (κ1) is 16.6. The molecule has 0 amide bonds. The van der Waals surface area contributed by atoms with Gasteiger partial charge in [-0.05, 0) is 52.7 Å². The summed E-state index contributed by atoms with van der Waals surface area (Å²) < 4.78 is 0. The maximum atomic E-state index is 4.53. The largest absolute Gasteiger partial charge is 0.316 e. The van der Waals surface area contributed by atoms with Gasteiger partial charge in [-0.15, -0.1) is 11.3 Å². The van der Waals surface area contributed by atoms with E-state index >= 15 is 0 Å². The molecule has 0 bridgehead atoms. The number of rotatable bonds is 9. The number of hydrogen-bond donors (Lipinski definition) is 1. The van der Waals surface area contributed by atoms with Gasteiger partial charge in [0.05, 0.1) is 10.7 Å². The van der Waals surface area contributed by atoms with E-state index in [9.17, 15) is 0 Å². The summed E-state index contributed by atoms with van der Waals surface area (Å²) in [6, 6.07) is 0.614. The Morgan fingerprint density at radius 1 is 1.37 bits per heavy atom. The van der Waals surface area contributed by atoms with Crippen LogP contribution in [0.1, 0.15) is 44.3 Å². The maximum Gasteiger partial charge on any atom is 0.0897 e. The minimum Gasteiger partial charge on any atom is -0.316 e. The maximum absolute atomic E-state index is 4.53. The molecule has 0 saturated carbocycles. The zero-order valence-electron chi connectivity index (χ0n) is 13.1. The van der Waals surface area contributed by atoms with Gasteiger partial charge < -0.3 is 5.32 Å². The SMILES string of the molecule is Cc1nc(CN(C)C(C)CCCNCC(C)C)cs1. The molecule has 1 aromatic heterocycles. The first-order valence-electron chi connectivity index (χ1n) is 7.31. The third kappa shape index (κ3) is 7.04. The molecule has 0 aliphatic rings. The summed E-state index contributed by atoms with van der Waals surface area (Å²) >= 11 is 1.74. The predicted octanol–water partition coefficient (Wildman–Crippen LogP) is 3.30. The van der Waals surface area contributed by atoms with Crippen molar-refractivity contribution in [3.8, 4) is 0 Å². The topological polar surface area (TPSA) is 28.2 Å². The fourth-order valence-electron chi connectivity index (χ4n) is 2.03. The molecule has 1 atom stereocenters. The quantitative estimate of drug-likeness (QED) is 0.705. The van der Waals surface area contributed by atoms with Crippen LogP contribution in [-0.2, 0) is 6.54 Å². The molecule has 0 aromatic carbocycles. The smallest absolute Gasteiger partial charge is 0.0897 e. The van der Waals surface area contributed by atoms with Crippen LogP contribution in [-0.4, -0.2) is 36.1 Å². The second-order valence-corrected chi connectivity index (χ2v) is 6.92. The molecular weight excluding hydrogens is 254 g/mol. The predicted molar refractivity (Wildman–Crippen MR) is 84.7 cm³/mol. The van der Waals surface area contributed by atoms with E-state index in [2.05, 4.69) is 55.3 Å². The van der Waals surface area contributed by atoms with Gasteiger partial charge in [0, 0.05) is 18.0 Å². The van der Waals surface area contributed by atoms with Gasteiger partial charge in [-0.1, -0.05) is 13.8 Å². The van der Waals surface area contributed by atoms with Crippen LogP contribution >= 0.6 is 11.3 Å². The number of thiazole rings is 1. The highest BCUT2D eigenvalue weighted by atomic mass is 32.1. The summed E-state index contributed by atoms with van der Waals surface area (Å²) in [5, 5.41) is 6.83. The molecule has 1 aromatic rings. The van der Waals surface area contributed by atoms with Crippen molar-refractivity contribution in [3.05, 3.63) is 16.1 Å². The molecule has 110 valence electrons.